The Morgan fingerprint density at radius 2 is 2.05 bits per heavy atom. The van der Waals surface area contributed by atoms with Crippen molar-refractivity contribution in [2.45, 2.75) is 39.2 Å². The van der Waals surface area contributed by atoms with Gasteiger partial charge in [0.05, 0.1) is 19.8 Å². The second-order valence-corrected chi connectivity index (χ2v) is 5.53. The molecule has 1 atom stereocenters. The number of carbonyl (C=O) groups excluding carboxylic acids is 1. The van der Waals surface area contributed by atoms with Crippen molar-refractivity contribution in [3.63, 3.8) is 0 Å². The third kappa shape index (κ3) is 6.54. The Hall–Kier alpha value is -1.14. The van der Waals surface area contributed by atoms with E-state index in [1.165, 1.54) is 0 Å². The first kappa shape index (κ1) is 15.9. The molecule has 6 heteroatoms. The van der Waals surface area contributed by atoms with Crippen LogP contribution in [0.15, 0.2) is 0 Å². The molecule has 1 rings (SSSR count). The van der Waals surface area contributed by atoms with Crippen LogP contribution in [0, 0.1) is 5.41 Å². The Balaban J connectivity index is 2.20. The highest BCUT2D eigenvalue weighted by Crippen LogP contribution is 2.25. The van der Waals surface area contributed by atoms with Gasteiger partial charge < -0.3 is 19.9 Å². The molecule has 1 aliphatic heterocycles. The molecule has 1 saturated heterocycles. The molecule has 0 aromatic rings. The first-order valence-electron chi connectivity index (χ1n) is 6.59. The van der Waals surface area contributed by atoms with E-state index in [0.717, 1.165) is 6.42 Å². The van der Waals surface area contributed by atoms with E-state index in [-0.39, 0.29) is 17.7 Å². The third-order valence-electron chi connectivity index (χ3n) is 3.23. The molecule has 0 spiro atoms. The average molecular weight is 273 g/mol. The quantitative estimate of drug-likeness (QED) is 0.716. The number of amides is 1. The van der Waals surface area contributed by atoms with Gasteiger partial charge in [0.15, 0.2) is 6.10 Å². The number of aliphatic carboxylic acids is 1. The molecule has 1 amide bonds. The average Bonchev–Trinajstić information content (AvgIpc) is 2.37. The first-order valence-corrected chi connectivity index (χ1v) is 6.59. The Morgan fingerprint density at radius 3 is 2.63 bits per heavy atom. The maximum Gasteiger partial charge on any atom is 0.303 e. The number of hydrogen-bond acceptors (Lipinski definition) is 4. The van der Waals surface area contributed by atoms with Gasteiger partial charge in [0.1, 0.15) is 0 Å². The van der Waals surface area contributed by atoms with Crippen LogP contribution in [0.3, 0.4) is 0 Å². The van der Waals surface area contributed by atoms with Gasteiger partial charge in [-0.3, -0.25) is 9.59 Å². The van der Waals surface area contributed by atoms with Gasteiger partial charge in [0.25, 0.3) is 5.91 Å². The molecule has 0 bridgehead atoms. The number of carboxylic acid groups (broad SMARTS) is 1. The maximum absolute atomic E-state index is 11.7. The predicted molar refractivity (Wildman–Crippen MR) is 68.8 cm³/mol. The zero-order valence-corrected chi connectivity index (χ0v) is 11.6. The lowest BCUT2D eigenvalue weighted by molar-refractivity contribution is -0.147. The highest BCUT2D eigenvalue weighted by molar-refractivity contribution is 5.80. The molecule has 0 aromatic heterocycles. The standard InChI is InChI=1S/C13H23NO5/c1-13(2,4-3-11(15)16)5-6-14-12(17)10-9-18-7-8-19-10/h10H,3-9H2,1-2H3,(H,14,17)(H,15,16). The van der Waals surface area contributed by atoms with Crippen LogP contribution < -0.4 is 5.32 Å². The van der Waals surface area contributed by atoms with Gasteiger partial charge >= 0.3 is 5.97 Å². The molecule has 1 heterocycles. The van der Waals surface area contributed by atoms with E-state index >= 15 is 0 Å². The van der Waals surface area contributed by atoms with Gasteiger partial charge in [-0.15, -0.1) is 0 Å². The Kier molecular flexibility index (Phi) is 6.24. The molecule has 6 nitrogen and oxygen atoms in total. The Bertz CT molecular complexity index is 310. The minimum Gasteiger partial charge on any atom is -0.481 e. The summed E-state index contributed by atoms with van der Waals surface area (Å²) < 4.78 is 10.5. The first-order chi connectivity index (χ1) is 8.91. The van der Waals surface area contributed by atoms with Crippen molar-refractivity contribution in [1.82, 2.24) is 5.32 Å². The van der Waals surface area contributed by atoms with E-state index in [9.17, 15) is 9.59 Å². The molecule has 0 radical (unpaired) electrons. The van der Waals surface area contributed by atoms with Crippen LogP contribution >= 0.6 is 0 Å². The van der Waals surface area contributed by atoms with Crippen molar-refractivity contribution in [3.05, 3.63) is 0 Å². The van der Waals surface area contributed by atoms with E-state index in [2.05, 4.69) is 5.32 Å². The molecular formula is C13H23NO5. The summed E-state index contributed by atoms with van der Waals surface area (Å²) in [4.78, 5) is 22.3. The number of ether oxygens (including phenoxy) is 2. The van der Waals surface area contributed by atoms with Crippen LogP contribution in [0.4, 0.5) is 0 Å². The minimum absolute atomic E-state index is 0.102. The summed E-state index contributed by atoms with van der Waals surface area (Å²) in [6.07, 6.45) is 0.970. The summed E-state index contributed by atoms with van der Waals surface area (Å²) >= 11 is 0. The molecule has 2 N–H and O–H groups in total. The van der Waals surface area contributed by atoms with E-state index in [4.69, 9.17) is 14.6 Å². The van der Waals surface area contributed by atoms with E-state index in [1.807, 2.05) is 13.8 Å². The van der Waals surface area contributed by atoms with Crippen LogP contribution in [0.25, 0.3) is 0 Å². The van der Waals surface area contributed by atoms with Crippen molar-refractivity contribution in [1.29, 1.82) is 0 Å². The molecular weight excluding hydrogens is 250 g/mol. The van der Waals surface area contributed by atoms with Gasteiger partial charge in [-0.1, -0.05) is 13.8 Å². The van der Waals surface area contributed by atoms with E-state index in [1.54, 1.807) is 0 Å². The lowest BCUT2D eigenvalue weighted by Gasteiger charge is -2.25. The fourth-order valence-corrected chi connectivity index (χ4v) is 1.85. The van der Waals surface area contributed by atoms with Gasteiger partial charge in [-0.05, 0) is 18.3 Å². The van der Waals surface area contributed by atoms with Gasteiger partial charge in [-0.2, -0.15) is 0 Å². The molecule has 0 aliphatic carbocycles. The molecule has 0 aromatic carbocycles. The Labute approximate surface area is 113 Å². The summed E-state index contributed by atoms with van der Waals surface area (Å²) in [5.41, 5.74) is -0.102. The second kappa shape index (κ2) is 7.45. The maximum atomic E-state index is 11.7. The largest absolute Gasteiger partial charge is 0.481 e. The van der Waals surface area contributed by atoms with Crippen molar-refractivity contribution in [3.8, 4) is 0 Å². The number of rotatable bonds is 7. The SMILES string of the molecule is CC(C)(CCNC(=O)C1COCCO1)CCC(=O)O. The molecule has 19 heavy (non-hydrogen) atoms. The van der Waals surface area contributed by atoms with Crippen molar-refractivity contribution in [2.75, 3.05) is 26.4 Å². The smallest absolute Gasteiger partial charge is 0.303 e. The number of hydrogen-bond donors (Lipinski definition) is 2. The van der Waals surface area contributed by atoms with Crippen LogP contribution in [0.5, 0.6) is 0 Å². The number of carboxylic acids is 1. The minimum atomic E-state index is -0.787. The fraction of sp³-hybridized carbons (Fsp3) is 0.846. The summed E-state index contributed by atoms with van der Waals surface area (Å²) in [7, 11) is 0. The third-order valence-corrected chi connectivity index (χ3v) is 3.23. The molecule has 1 unspecified atom stereocenters. The van der Waals surface area contributed by atoms with Gasteiger partial charge in [-0.25, -0.2) is 0 Å². The van der Waals surface area contributed by atoms with Crippen molar-refractivity contribution in [2.24, 2.45) is 5.41 Å². The number of nitrogens with one attached hydrogen (secondary N) is 1. The summed E-state index contributed by atoms with van der Waals surface area (Å²) in [5, 5.41) is 11.5. The molecule has 0 saturated carbocycles. The zero-order valence-electron chi connectivity index (χ0n) is 11.6. The summed E-state index contributed by atoms with van der Waals surface area (Å²) in [5.74, 6) is -0.946. The van der Waals surface area contributed by atoms with Crippen LogP contribution in [0.1, 0.15) is 33.1 Å². The second-order valence-electron chi connectivity index (χ2n) is 5.53. The van der Waals surface area contributed by atoms with Crippen LogP contribution in [0.2, 0.25) is 0 Å². The predicted octanol–water partition coefficient (Wildman–Crippen LogP) is 0.799. The lowest BCUT2D eigenvalue weighted by atomic mass is 9.84. The summed E-state index contributed by atoms with van der Waals surface area (Å²) in [6, 6.07) is 0. The van der Waals surface area contributed by atoms with E-state index in [0.29, 0.717) is 32.8 Å². The van der Waals surface area contributed by atoms with Crippen LogP contribution in [-0.2, 0) is 19.1 Å². The van der Waals surface area contributed by atoms with Crippen molar-refractivity contribution >= 4 is 11.9 Å². The zero-order chi connectivity index (χ0) is 14.3. The molecule has 1 fully saturated rings. The topological polar surface area (TPSA) is 84.9 Å². The highest BCUT2D eigenvalue weighted by atomic mass is 16.6. The van der Waals surface area contributed by atoms with Gasteiger partial charge in [0, 0.05) is 13.0 Å². The molecule has 1 aliphatic rings. The van der Waals surface area contributed by atoms with Crippen LogP contribution in [-0.4, -0.2) is 49.5 Å². The Morgan fingerprint density at radius 1 is 1.32 bits per heavy atom. The highest BCUT2D eigenvalue weighted by Gasteiger charge is 2.24. The molecule has 110 valence electrons. The van der Waals surface area contributed by atoms with E-state index < -0.39 is 12.1 Å². The normalized spacial score (nSPS) is 20.0. The fourth-order valence-electron chi connectivity index (χ4n) is 1.85. The number of carbonyl (C=O) groups is 2. The van der Waals surface area contributed by atoms with Crippen molar-refractivity contribution < 1.29 is 24.2 Å². The summed E-state index contributed by atoms with van der Waals surface area (Å²) in [6.45, 7) is 5.80. The monoisotopic (exact) mass is 273 g/mol. The van der Waals surface area contributed by atoms with Gasteiger partial charge in [0.2, 0.25) is 0 Å². The lowest BCUT2D eigenvalue weighted by Crippen LogP contribution is -2.43.